The van der Waals surface area contributed by atoms with Crippen LogP contribution in [0.4, 0.5) is 0 Å². The zero-order chi connectivity index (χ0) is 6.41. The van der Waals surface area contributed by atoms with Crippen LogP contribution in [0.15, 0.2) is 0 Å². The van der Waals surface area contributed by atoms with Crippen molar-refractivity contribution in [2.24, 2.45) is 5.73 Å². The second-order valence-electron chi connectivity index (χ2n) is 1.94. The van der Waals surface area contributed by atoms with Gasteiger partial charge in [-0.05, 0) is 13.0 Å². The van der Waals surface area contributed by atoms with Crippen LogP contribution in [0.2, 0.25) is 0 Å². The van der Waals surface area contributed by atoms with Crippen molar-refractivity contribution in [1.82, 2.24) is 10.4 Å². The van der Waals surface area contributed by atoms with Crippen molar-refractivity contribution in [1.29, 1.82) is 0 Å². The maximum atomic E-state index is 5.26. The fourth-order valence-electron chi connectivity index (χ4n) is 0.405. The summed E-state index contributed by atoms with van der Waals surface area (Å²) in [6, 6.07) is 0. The molecule has 0 saturated heterocycles. The number of nitrogens with zero attached hydrogens (tertiary/aromatic N) is 1. The standard InChI is InChI=1S/C5H15N3/c1-8(2)7-5-3-4-6/h7H,3-6H2,1-2H3. The minimum absolute atomic E-state index is 0.765. The molecular formula is C5H15N3. The fourth-order valence-corrected chi connectivity index (χ4v) is 0.405. The molecule has 0 heterocycles. The van der Waals surface area contributed by atoms with E-state index in [1.807, 2.05) is 19.1 Å². The van der Waals surface area contributed by atoms with E-state index in [-0.39, 0.29) is 0 Å². The molecule has 0 radical (unpaired) electrons. The first kappa shape index (κ1) is 7.88. The predicted octanol–water partition coefficient (Wildman–Crippen LogP) is -0.599. The first-order chi connectivity index (χ1) is 3.77. The molecule has 0 spiro atoms. The molecular weight excluding hydrogens is 102 g/mol. The molecule has 0 saturated carbocycles. The van der Waals surface area contributed by atoms with Gasteiger partial charge in [-0.15, -0.1) is 0 Å². The number of hydrazine groups is 1. The average Bonchev–Trinajstić information content (AvgIpc) is 1.66. The van der Waals surface area contributed by atoms with Crippen LogP contribution in [0.25, 0.3) is 0 Å². The molecule has 3 nitrogen and oxygen atoms in total. The molecule has 3 heteroatoms. The Morgan fingerprint density at radius 1 is 1.50 bits per heavy atom. The van der Waals surface area contributed by atoms with E-state index in [2.05, 4.69) is 5.43 Å². The molecule has 0 aromatic rings. The van der Waals surface area contributed by atoms with Crippen molar-refractivity contribution >= 4 is 0 Å². The van der Waals surface area contributed by atoms with E-state index in [4.69, 9.17) is 5.73 Å². The summed E-state index contributed by atoms with van der Waals surface area (Å²) in [6.45, 7) is 1.74. The Hall–Kier alpha value is -0.120. The molecule has 0 fully saturated rings. The molecule has 0 aliphatic heterocycles. The molecule has 0 unspecified atom stereocenters. The van der Waals surface area contributed by atoms with E-state index in [9.17, 15) is 0 Å². The molecule has 0 aliphatic carbocycles. The lowest BCUT2D eigenvalue weighted by atomic mass is 10.4. The highest BCUT2D eigenvalue weighted by Gasteiger charge is 1.83. The summed E-state index contributed by atoms with van der Waals surface area (Å²) < 4.78 is 0. The van der Waals surface area contributed by atoms with Crippen LogP contribution in [0, 0.1) is 0 Å². The summed E-state index contributed by atoms with van der Waals surface area (Å²) in [6.07, 6.45) is 1.04. The Morgan fingerprint density at radius 2 is 2.12 bits per heavy atom. The fraction of sp³-hybridized carbons (Fsp3) is 1.00. The number of nitrogens with one attached hydrogen (secondary N) is 1. The van der Waals surface area contributed by atoms with Crippen molar-refractivity contribution in [3.05, 3.63) is 0 Å². The third-order valence-corrected chi connectivity index (χ3v) is 0.809. The lowest BCUT2D eigenvalue weighted by Gasteiger charge is -2.09. The summed E-state index contributed by atoms with van der Waals surface area (Å²) in [5, 5.41) is 1.93. The van der Waals surface area contributed by atoms with E-state index in [0.717, 1.165) is 19.5 Å². The van der Waals surface area contributed by atoms with E-state index in [1.54, 1.807) is 0 Å². The van der Waals surface area contributed by atoms with Gasteiger partial charge in [0.1, 0.15) is 0 Å². The van der Waals surface area contributed by atoms with E-state index < -0.39 is 0 Å². The number of rotatable bonds is 4. The smallest absolute Gasteiger partial charge is 0.0114 e. The van der Waals surface area contributed by atoms with Crippen molar-refractivity contribution in [3.8, 4) is 0 Å². The topological polar surface area (TPSA) is 41.3 Å². The summed E-state index contributed by atoms with van der Waals surface area (Å²) in [5.74, 6) is 0. The molecule has 0 amide bonds. The summed E-state index contributed by atoms with van der Waals surface area (Å²) in [7, 11) is 3.94. The van der Waals surface area contributed by atoms with Crippen LogP contribution in [0.3, 0.4) is 0 Å². The molecule has 8 heavy (non-hydrogen) atoms. The highest BCUT2D eigenvalue weighted by atomic mass is 15.5. The predicted molar refractivity (Wildman–Crippen MR) is 35.4 cm³/mol. The van der Waals surface area contributed by atoms with Gasteiger partial charge >= 0.3 is 0 Å². The van der Waals surface area contributed by atoms with Crippen molar-refractivity contribution < 1.29 is 0 Å². The Morgan fingerprint density at radius 3 is 2.50 bits per heavy atom. The highest BCUT2D eigenvalue weighted by Crippen LogP contribution is 1.69. The minimum atomic E-state index is 0.765. The molecule has 0 bridgehead atoms. The van der Waals surface area contributed by atoms with Gasteiger partial charge in [0.2, 0.25) is 0 Å². The van der Waals surface area contributed by atoms with Gasteiger partial charge in [-0.1, -0.05) is 0 Å². The molecule has 0 aromatic heterocycles. The lowest BCUT2D eigenvalue weighted by Crippen LogP contribution is -2.31. The minimum Gasteiger partial charge on any atom is -0.330 e. The maximum absolute atomic E-state index is 5.26. The van der Waals surface area contributed by atoms with Gasteiger partial charge in [0, 0.05) is 20.6 Å². The number of hydrogen-bond donors (Lipinski definition) is 2. The second kappa shape index (κ2) is 5.03. The quantitative estimate of drug-likeness (QED) is 0.382. The van der Waals surface area contributed by atoms with Gasteiger partial charge in [-0.25, -0.2) is 0 Å². The van der Waals surface area contributed by atoms with Gasteiger partial charge in [0.05, 0.1) is 0 Å². The monoisotopic (exact) mass is 117 g/mol. The molecule has 3 N–H and O–H groups in total. The van der Waals surface area contributed by atoms with Gasteiger partial charge in [-0.3, -0.25) is 10.4 Å². The summed E-state index contributed by atoms with van der Waals surface area (Å²) in [5.41, 5.74) is 8.36. The molecule has 0 aliphatic rings. The van der Waals surface area contributed by atoms with Crippen molar-refractivity contribution in [3.63, 3.8) is 0 Å². The zero-order valence-corrected chi connectivity index (χ0v) is 5.65. The summed E-state index contributed by atoms with van der Waals surface area (Å²) in [4.78, 5) is 0. The van der Waals surface area contributed by atoms with Crippen LogP contribution in [0.5, 0.6) is 0 Å². The van der Waals surface area contributed by atoms with E-state index >= 15 is 0 Å². The van der Waals surface area contributed by atoms with E-state index in [1.165, 1.54) is 0 Å². The van der Waals surface area contributed by atoms with Crippen molar-refractivity contribution in [2.75, 3.05) is 27.2 Å². The number of nitrogens with two attached hydrogens (primary N) is 1. The van der Waals surface area contributed by atoms with E-state index in [0.29, 0.717) is 0 Å². The van der Waals surface area contributed by atoms with Crippen LogP contribution < -0.4 is 11.2 Å². The largest absolute Gasteiger partial charge is 0.330 e. The Bertz CT molecular complexity index is 44.9. The molecule has 0 atom stereocenters. The first-order valence-corrected chi connectivity index (χ1v) is 2.88. The molecule has 0 rings (SSSR count). The normalized spacial score (nSPS) is 10.5. The second-order valence-corrected chi connectivity index (χ2v) is 1.94. The van der Waals surface area contributed by atoms with Crippen molar-refractivity contribution in [2.45, 2.75) is 6.42 Å². The molecule has 50 valence electrons. The lowest BCUT2D eigenvalue weighted by molar-refractivity contribution is 0.289. The summed E-state index contributed by atoms with van der Waals surface area (Å²) >= 11 is 0. The van der Waals surface area contributed by atoms with Gasteiger partial charge in [-0.2, -0.15) is 0 Å². The Balaban J connectivity index is 2.72. The number of hydrogen-bond acceptors (Lipinski definition) is 3. The van der Waals surface area contributed by atoms with Gasteiger partial charge in [0.15, 0.2) is 0 Å². The third kappa shape index (κ3) is 5.88. The van der Waals surface area contributed by atoms with Crippen LogP contribution in [-0.2, 0) is 0 Å². The Kier molecular flexibility index (Phi) is 4.95. The molecule has 0 aromatic carbocycles. The van der Waals surface area contributed by atoms with Gasteiger partial charge < -0.3 is 5.73 Å². The zero-order valence-electron chi connectivity index (χ0n) is 5.65. The maximum Gasteiger partial charge on any atom is 0.0114 e. The Labute approximate surface area is 50.8 Å². The average molecular weight is 117 g/mol. The third-order valence-electron chi connectivity index (χ3n) is 0.809. The van der Waals surface area contributed by atoms with Crippen LogP contribution >= 0.6 is 0 Å². The van der Waals surface area contributed by atoms with Crippen LogP contribution in [0.1, 0.15) is 6.42 Å². The SMILES string of the molecule is CN(C)NCCCN. The van der Waals surface area contributed by atoms with Crippen LogP contribution in [-0.4, -0.2) is 32.2 Å². The van der Waals surface area contributed by atoms with Gasteiger partial charge in [0.25, 0.3) is 0 Å². The first-order valence-electron chi connectivity index (χ1n) is 2.88. The highest BCUT2D eigenvalue weighted by molar-refractivity contribution is 4.40.